The molecule has 1 heterocycles. The average molecular weight is 277 g/mol. The van der Waals surface area contributed by atoms with Crippen molar-refractivity contribution < 1.29 is 9.72 Å². The van der Waals surface area contributed by atoms with Gasteiger partial charge in [0.1, 0.15) is 5.69 Å². The second-order valence-corrected chi connectivity index (χ2v) is 5.24. The fourth-order valence-electron chi connectivity index (χ4n) is 2.58. The van der Waals surface area contributed by atoms with Gasteiger partial charge in [0.2, 0.25) is 0 Å². The molecule has 1 aromatic carbocycles. The minimum absolute atomic E-state index is 0.0663. The third-order valence-electron chi connectivity index (χ3n) is 3.65. The topological polar surface area (TPSA) is 75.5 Å². The van der Waals surface area contributed by atoms with Crippen LogP contribution in [-0.4, -0.2) is 35.9 Å². The molecule has 108 valence electrons. The number of carbonyl (C=O) groups is 1. The molecule has 1 unspecified atom stereocenters. The van der Waals surface area contributed by atoms with E-state index < -0.39 is 4.92 Å². The van der Waals surface area contributed by atoms with E-state index in [0.717, 1.165) is 25.9 Å². The number of benzene rings is 1. The Hall–Kier alpha value is -2.11. The number of nitro benzene ring substituents is 1. The molecule has 1 atom stereocenters. The highest BCUT2D eigenvalue weighted by atomic mass is 16.6. The number of carbonyl (C=O) groups excluding carboxylic acids is 1. The lowest BCUT2D eigenvalue weighted by atomic mass is 9.99. The molecule has 1 amide bonds. The van der Waals surface area contributed by atoms with Crippen molar-refractivity contribution >= 4 is 17.3 Å². The van der Waals surface area contributed by atoms with Gasteiger partial charge < -0.3 is 10.2 Å². The van der Waals surface area contributed by atoms with E-state index in [1.165, 1.54) is 6.07 Å². The molecule has 1 N–H and O–H groups in total. The van der Waals surface area contributed by atoms with Crippen molar-refractivity contribution in [3.8, 4) is 0 Å². The van der Waals surface area contributed by atoms with E-state index in [2.05, 4.69) is 12.2 Å². The van der Waals surface area contributed by atoms with Crippen molar-refractivity contribution in [2.75, 3.05) is 25.5 Å². The minimum atomic E-state index is -0.471. The number of amides is 1. The first-order chi connectivity index (χ1) is 9.52. The molecule has 1 aliphatic rings. The highest BCUT2D eigenvalue weighted by molar-refractivity contribution is 5.95. The molecule has 0 saturated carbocycles. The van der Waals surface area contributed by atoms with Crippen molar-refractivity contribution in [1.82, 2.24) is 4.90 Å². The first kappa shape index (κ1) is 14.3. The molecule has 0 spiro atoms. The number of anilines is 1. The zero-order valence-corrected chi connectivity index (χ0v) is 11.8. The van der Waals surface area contributed by atoms with Crippen molar-refractivity contribution in [3.63, 3.8) is 0 Å². The predicted molar refractivity (Wildman–Crippen MR) is 76.9 cm³/mol. The maximum absolute atomic E-state index is 12.4. The van der Waals surface area contributed by atoms with Crippen LogP contribution in [0.25, 0.3) is 0 Å². The number of rotatable bonds is 3. The summed E-state index contributed by atoms with van der Waals surface area (Å²) in [5.41, 5.74) is 0.728. The van der Waals surface area contributed by atoms with Crippen LogP contribution in [0, 0.1) is 16.0 Å². The molecular weight excluding hydrogens is 258 g/mol. The summed E-state index contributed by atoms with van der Waals surface area (Å²) in [5.74, 6) is 0.363. The average Bonchev–Trinajstić information content (AvgIpc) is 2.45. The molecule has 1 aromatic rings. The monoisotopic (exact) mass is 277 g/mol. The summed E-state index contributed by atoms with van der Waals surface area (Å²) < 4.78 is 0. The summed E-state index contributed by atoms with van der Waals surface area (Å²) in [4.78, 5) is 24.7. The van der Waals surface area contributed by atoms with Gasteiger partial charge >= 0.3 is 0 Å². The fourth-order valence-corrected chi connectivity index (χ4v) is 2.58. The van der Waals surface area contributed by atoms with Crippen LogP contribution in [-0.2, 0) is 0 Å². The molecule has 1 fully saturated rings. The van der Waals surface area contributed by atoms with Crippen molar-refractivity contribution in [3.05, 3.63) is 33.9 Å². The number of nitrogens with zero attached hydrogens (tertiary/aromatic N) is 2. The summed E-state index contributed by atoms with van der Waals surface area (Å²) >= 11 is 0. The third kappa shape index (κ3) is 2.89. The quantitative estimate of drug-likeness (QED) is 0.680. The van der Waals surface area contributed by atoms with Crippen LogP contribution < -0.4 is 5.32 Å². The Balaban J connectivity index is 2.26. The molecule has 0 aliphatic carbocycles. The summed E-state index contributed by atoms with van der Waals surface area (Å²) in [6.45, 7) is 3.57. The maximum atomic E-state index is 12.4. The predicted octanol–water partition coefficient (Wildman–Crippen LogP) is 2.51. The summed E-state index contributed by atoms with van der Waals surface area (Å²) in [6, 6.07) is 4.58. The standard InChI is InChI=1S/C14H19N3O3/c1-10-4-3-7-16(9-10)14(18)11-5-6-12(15-2)13(8-11)17(19)20/h5-6,8,10,15H,3-4,7,9H2,1-2H3. The Morgan fingerprint density at radius 2 is 2.25 bits per heavy atom. The second-order valence-electron chi connectivity index (χ2n) is 5.24. The van der Waals surface area contributed by atoms with Crippen molar-refractivity contribution in [1.29, 1.82) is 0 Å². The summed E-state index contributed by atoms with van der Waals surface area (Å²) in [6.07, 6.45) is 2.12. The fraction of sp³-hybridized carbons (Fsp3) is 0.500. The number of hydrogen-bond donors (Lipinski definition) is 1. The van der Waals surface area contributed by atoms with Gasteiger partial charge in [0.05, 0.1) is 4.92 Å². The van der Waals surface area contributed by atoms with E-state index in [-0.39, 0.29) is 11.6 Å². The number of likely N-dealkylation sites (tertiary alicyclic amines) is 1. The van der Waals surface area contributed by atoms with E-state index in [9.17, 15) is 14.9 Å². The van der Waals surface area contributed by atoms with Gasteiger partial charge in [-0.15, -0.1) is 0 Å². The first-order valence-electron chi connectivity index (χ1n) is 6.78. The molecule has 6 heteroatoms. The van der Waals surface area contributed by atoms with Gasteiger partial charge in [0.15, 0.2) is 0 Å². The largest absolute Gasteiger partial charge is 0.383 e. The van der Waals surface area contributed by atoms with Crippen LogP contribution in [0.4, 0.5) is 11.4 Å². The van der Waals surface area contributed by atoms with Crippen LogP contribution in [0.5, 0.6) is 0 Å². The van der Waals surface area contributed by atoms with Gasteiger partial charge in [-0.3, -0.25) is 14.9 Å². The molecule has 2 rings (SSSR count). The van der Waals surface area contributed by atoms with Crippen LogP contribution in [0.2, 0.25) is 0 Å². The number of hydrogen-bond acceptors (Lipinski definition) is 4. The van der Waals surface area contributed by atoms with Crippen molar-refractivity contribution in [2.24, 2.45) is 5.92 Å². The Labute approximate surface area is 117 Å². The number of nitrogens with one attached hydrogen (secondary N) is 1. The van der Waals surface area contributed by atoms with Gasteiger partial charge in [-0.25, -0.2) is 0 Å². The van der Waals surface area contributed by atoms with E-state index in [0.29, 0.717) is 17.2 Å². The van der Waals surface area contributed by atoms with E-state index in [4.69, 9.17) is 0 Å². The maximum Gasteiger partial charge on any atom is 0.293 e. The van der Waals surface area contributed by atoms with Gasteiger partial charge in [0, 0.05) is 31.8 Å². The minimum Gasteiger partial charge on any atom is -0.383 e. The normalized spacial score (nSPS) is 18.7. The highest BCUT2D eigenvalue weighted by Gasteiger charge is 2.24. The Bertz CT molecular complexity index is 530. The lowest BCUT2D eigenvalue weighted by Crippen LogP contribution is -2.39. The molecular formula is C14H19N3O3. The third-order valence-corrected chi connectivity index (χ3v) is 3.65. The van der Waals surface area contributed by atoms with Crippen LogP contribution in [0.3, 0.4) is 0 Å². The van der Waals surface area contributed by atoms with Crippen LogP contribution in [0.1, 0.15) is 30.1 Å². The highest BCUT2D eigenvalue weighted by Crippen LogP contribution is 2.26. The van der Waals surface area contributed by atoms with Crippen molar-refractivity contribution in [2.45, 2.75) is 19.8 Å². The zero-order chi connectivity index (χ0) is 14.7. The molecule has 6 nitrogen and oxygen atoms in total. The van der Waals surface area contributed by atoms with Gasteiger partial charge in [-0.05, 0) is 30.9 Å². The lowest BCUT2D eigenvalue weighted by molar-refractivity contribution is -0.384. The Morgan fingerprint density at radius 1 is 1.50 bits per heavy atom. The van der Waals surface area contributed by atoms with Gasteiger partial charge in [-0.1, -0.05) is 6.92 Å². The zero-order valence-electron chi connectivity index (χ0n) is 11.8. The van der Waals surface area contributed by atoms with Gasteiger partial charge in [-0.2, -0.15) is 0 Å². The summed E-state index contributed by atoms with van der Waals surface area (Å²) in [7, 11) is 1.62. The Kier molecular flexibility index (Phi) is 4.22. The smallest absolute Gasteiger partial charge is 0.293 e. The molecule has 0 radical (unpaired) electrons. The van der Waals surface area contributed by atoms with E-state index in [1.807, 2.05) is 0 Å². The molecule has 0 aromatic heterocycles. The molecule has 0 bridgehead atoms. The Morgan fingerprint density at radius 3 is 2.85 bits per heavy atom. The summed E-state index contributed by atoms with van der Waals surface area (Å²) in [5, 5.41) is 13.8. The van der Waals surface area contributed by atoms with Crippen LogP contribution >= 0.6 is 0 Å². The second kappa shape index (κ2) is 5.90. The number of piperidine rings is 1. The molecule has 1 aliphatic heterocycles. The molecule has 20 heavy (non-hydrogen) atoms. The first-order valence-corrected chi connectivity index (χ1v) is 6.78. The lowest BCUT2D eigenvalue weighted by Gasteiger charge is -2.31. The number of nitro groups is 1. The van der Waals surface area contributed by atoms with Gasteiger partial charge in [0.25, 0.3) is 11.6 Å². The van der Waals surface area contributed by atoms with E-state index >= 15 is 0 Å². The van der Waals surface area contributed by atoms with Crippen LogP contribution in [0.15, 0.2) is 18.2 Å². The van der Waals surface area contributed by atoms with E-state index in [1.54, 1.807) is 24.1 Å². The SMILES string of the molecule is CNc1ccc(C(=O)N2CCCC(C)C2)cc1[N+](=O)[O-]. The molecule has 1 saturated heterocycles.